The summed E-state index contributed by atoms with van der Waals surface area (Å²) in [4.78, 5) is 41.0. The van der Waals surface area contributed by atoms with Crippen molar-refractivity contribution >= 4 is 23.4 Å². The third-order valence-corrected chi connectivity index (χ3v) is 7.54. The molecule has 0 spiro atoms. The number of fused-ring (bicyclic) bond motifs is 2. The Kier molecular flexibility index (Phi) is 6.34. The van der Waals surface area contributed by atoms with E-state index in [1.165, 1.54) is 10.8 Å². The number of ether oxygens (including phenoxy) is 1. The molecule has 1 aromatic heterocycles. The van der Waals surface area contributed by atoms with Gasteiger partial charge in [-0.1, -0.05) is 36.6 Å². The predicted octanol–water partition coefficient (Wildman–Crippen LogP) is 3.31. The second kappa shape index (κ2) is 9.33. The van der Waals surface area contributed by atoms with E-state index in [1.54, 1.807) is 11.0 Å². The topological polar surface area (TPSA) is 101 Å². The molecule has 36 heavy (non-hydrogen) atoms. The highest BCUT2D eigenvalue weighted by Crippen LogP contribution is 2.42. The van der Waals surface area contributed by atoms with E-state index in [2.05, 4.69) is 11.9 Å². The van der Waals surface area contributed by atoms with Crippen molar-refractivity contribution in [1.82, 2.24) is 14.8 Å². The van der Waals surface area contributed by atoms with E-state index < -0.39 is 45.2 Å². The van der Waals surface area contributed by atoms with Crippen LogP contribution in [0.3, 0.4) is 0 Å². The molecule has 11 heteroatoms. The molecule has 1 saturated carbocycles. The summed E-state index contributed by atoms with van der Waals surface area (Å²) >= 11 is 5.59. The second-order valence-electron chi connectivity index (χ2n) is 9.24. The van der Waals surface area contributed by atoms with Crippen LogP contribution in [0, 0.1) is 11.6 Å². The number of rotatable bonds is 4. The summed E-state index contributed by atoms with van der Waals surface area (Å²) in [5.41, 5.74) is -1.65. The first-order chi connectivity index (χ1) is 17.2. The SMILES string of the molecule is C=C[C@H]1CN2C(=O)c3c(O)c(=O)c(C(=O)NCc4ccc(F)c(Cl)c4F)cn3[C@@H]3CCCCC(O1)[C@@H]32. The lowest BCUT2D eigenvalue weighted by Gasteiger charge is -2.50. The summed E-state index contributed by atoms with van der Waals surface area (Å²) < 4.78 is 35.3. The minimum Gasteiger partial charge on any atom is -0.503 e. The molecule has 0 bridgehead atoms. The van der Waals surface area contributed by atoms with Gasteiger partial charge >= 0.3 is 0 Å². The van der Waals surface area contributed by atoms with Gasteiger partial charge in [0, 0.05) is 18.3 Å². The number of hydrogen-bond donors (Lipinski definition) is 2. The Morgan fingerprint density at radius 3 is 2.78 bits per heavy atom. The molecule has 5 rings (SSSR count). The molecular weight excluding hydrogens is 496 g/mol. The minimum atomic E-state index is -1.02. The van der Waals surface area contributed by atoms with Gasteiger partial charge in [0.15, 0.2) is 11.4 Å². The first-order valence-electron chi connectivity index (χ1n) is 11.7. The summed E-state index contributed by atoms with van der Waals surface area (Å²) in [6, 6.07) is 1.46. The lowest BCUT2D eigenvalue weighted by atomic mass is 9.91. The number of carbonyl (C=O) groups excluding carboxylic acids is 2. The van der Waals surface area contributed by atoms with Crippen molar-refractivity contribution < 1.29 is 28.2 Å². The van der Waals surface area contributed by atoms with Crippen molar-refractivity contribution in [2.24, 2.45) is 0 Å². The number of aromatic nitrogens is 1. The van der Waals surface area contributed by atoms with Gasteiger partial charge in [0.05, 0.1) is 30.8 Å². The fourth-order valence-electron chi connectivity index (χ4n) is 5.44. The van der Waals surface area contributed by atoms with Crippen LogP contribution in [0.15, 0.2) is 35.8 Å². The molecule has 2 aromatic rings. The van der Waals surface area contributed by atoms with E-state index in [0.29, 0.717) is 6.42 Å². The van der Waals surface area contributed by atoms with Gasteiger partial charge in [0.2, 0.25) is 5.43 Å². The van der Waals surface area contributed by atoms with Gasteiger partial charge in [0.25, 0.3) is 11.8 Å². The zero-order chi connectivity index (χ0) is 25.7. The molecule has 1 saturated heterocycles. The number of pyridine rings is 1. The van der Waals surface area contributed by atoms with Gasteiger partial charge in [-0.15, -0.1) is 6.58 Å². The van der Waals surface area contributed by atoms with E-state index in [0.717, 1.165) is 31.4 Å². The maximum Gasteiger partial charge on any atom is 0.275 e. The average Bonchev–Trinajstić information content (AvgIpc) is 3.09. The quantitative estimate of drug-likeness (QED) is 0.477. The first-order valence-corrected chi connectivity index (χ1v) is 12.1. The lowest BCUT2D eigenvalue weighted by Crippen LogP contribution is -2.62. The van der Waals surface area contributed by atoms with Crippen molar-refractivity contribution in [3.8, 4) is 5.75 Å². The normalized spacial score (nSPS) is 25.0. The summed E-state index contributed by atoms with van der Waals surface area (Å²) in [5, 5.41) is 12.5. The maximum atomic E-state index is 14.2. The molecule has 3 aliphatic rings. The van der Waals surface area contributed by atoms with Crippen LogP contribution < -0.4 is 10.7 Å². The molecule has 2 fully saturated rings. The predicted molar refractivity (Wildman–Crippen MR) is 126 cm³/mol. The number of benzene rings is 1. The Hall–Kier alpha value is -3.24. The van der Waals surface area contributed by atoms with E-state index in [-0.39, 0.29) is 48.6 Å². The van der Waals surface area contributed by atoms with Crippen molar-refractivity contribution in [3.05, 3.63) is 74.7 Å². The number of morpholine rings is 1. The summed E-state index contributed by atoms with van der Waals surface area (Å²) in [5.74, 6) is -4.16. The molecule has 190 valence electrons. The number of aromatic hydroxyl groups is 1. The first kappa shape index (κ1) is 24.5. The Labute approximate surface area is 210 Å². The minimum absolute atomic E-state index is 0.0782. The number of nitrogens with one attached hydrogen (secondary N) is 1. The molecule has 1 unspecified atom stereocenters. The monoisotopic (exact) mass is 519 g/mol. The average molecular weight is 520 g/mol. The Morgan fingerprint density at radius 1 is 1.28 bits per heavy atom. The molecule has 2 amide bonds. The van der Waals surface area contributed by atoms with Crippen LogP contribution in [0.2, 0.25) is 5.02 Å². The number of hydrogen-bond acceptors (Lipinski definition) is 5. The van der Waals surface area contributed by atoms with Crippen molar-refractivity contribution in [1.29, 1.82) is 0 Å². The van der Waals surface area contributed by atoms with Crippen LogP contribution >= 0.6 is 11.6 Å². The van der Waals surface area contributed by atoms with Gasteiger partial charge in [-0.05, 0) is 18.9 Å². The number of amides is 2. The van der Waals surface area contributed by atoms with Crippen molar-refractivity contribution in [3.63, 3.8) is 0 Å². The highest BCUT2D eigenvalue weighted by molar-refractivity contribution is 6.30. The second-order valence-corrected chi connectivity index (χ2v) is 9.62. The Balaban J connectivity index is 1.51. The molecule has 0 radical (unpaired) electrons. The fraction of sp³-hybridized carbons (Fsp3) is 0.400. The van der Waals surface area contributed by atoms with Gasteiger partial charge in [-0.25, -0.2) is 8.78 Å². The van der Waals surface area contributed by atoms with E-state index in [1.807, 2.05) is 0 Å². The molecule has 1 aliphatic carbocycles. The van der Waals surface area contributed by atoms with Crippen molar-refractivity contribution in [2.75, 3.05) is 6.54 Å². The molecule has 8 nitrogen and oxygen atoms in total. The third-order valence-electron chi connectivity index (χ3n) is 7.19. The smallest absolute Gasteiger partial charge is 0.275 e. The van der Waals surface area contributed by atoms with Gasteiger partial charge in [-0.3, -0.25) is 14.4 Å². The lowest BCUT2D eigenvalue weighted by molar-refractivity contribution is -0.106. The highest BCUT2D eigenvalue weighted by atomic mass is 35.5. The highest BCUT2D eigenvalue weighted by Gasteiger charge is 2.49. The largest absolute Gasteiger partial charge is 0.503 e. The van der Waals surface area contributed by atoms with E-state index in [9.17, 15) is 28.3 Å². The molecular formula is C25H24ClF2N3O5. The molecule has 2 N–H and O–H groups in total. The van der Waals surface area contributed by atoms with Gasteiger partial charge in [-0.2, -0.15) is 0 Å². The fourth-order valence-corrected chi connectivity index (χ4v) is 5.63. The Morgan fingerprint density at radius 2 is 2.03 bits per heavy atom. The zero-order valence-corrected chi connectivity index (χ0v) is 19.9. The van der Waals surface area contributed by atoms with E-state index >= 15 is 0 Å². The van der Waals surface area contributed by atoms with Crippen LogP contribution in [-0.4, -0.2) is 51.2 Å². The van der Waals surface area contributed by atoms with Crippen LogP contribution in [0.25, 0.3) is 0 Å². The summed E-state index contributed by atoms with van der Waals surface area (Å²) in [6.45, 7) is 3.66. The maximum absolute atomic E-state index is 14.2. The number of carbonyl (C=O) groups is 2. The van der Waals surface area contributed by atoms with Crippen molar-refractivity contribution in [2.45, 2.75) is 56.5 Å². The van der Waals surface area contributed by atoms with Crippen LogP contribution in [-0.2, 0) is 11.3 Å². The number of nitrogens with zero attached hydrogens (tertiary/aromatic N) is 2. The number of halogens is 3. The summed E-state index contributed by atoms with van der Waals surface area (Å²) in [6.07, 6.45) is 5.41. The van der Waals surface area contributed by atoms with Crippen LogP contribution in [0.1, 0.15) is 58.1 Å². The molecule has 4 atom stereocenters. The van der Waals surface area contributed by atoms with Crippen LogP contribution in [0.5, 0.6) is 5.75 Å². The molecule has 1 aromatic carbocycles. The Bertz CT molecular complexity index is 1330. The van der Waals surface area contributed by atoms with E-state index in [4.69, 9.17) is 16.3 Å². The standard InChI is InChI=1S/C25H24ClF2N3O5/c1-2-13-10-31-20-16(5-3-4-6-17(20)36-13)30-11-14(22(32)23(33)21(30)25(31)35)24(34)29-9-12-7-8-15(27)18(26)19(12)28/h2,7-8,11,13,16-17,20,33H,1,3-6,9-10H2,(H,29,34)/t13-,16+,17?,20+/m0/s1. The van der Waals surface area contributed by atoms with Gasteiger partial charge < -0.3 is 24.6 Å². The third kappa shape index (κ3) is 3.88. The molecule has 2 aliphatic heterocycles. The summed E-state index contributed by atoms with van der Waals surface area (Å²) in [7, 11) is 0. The van der Waals surface area contributed by atoms with Gasteiger partial charge in [0.1, 0.15) is 22.2 Å². The van der Waals surface area contributed by atoms with Crippen LogP contribution in [0.4, 0.5) is 8.78 Å². The zero-order valence-electron chi connectivity index (χ0n) is 19.2. The molecule has 3 heterocycles.